The largest absolute Gasteiger partial charge is 0.411 e. The van der Waals surface area contributed by atoms with Gasteiger partial charge >= 0.3 is 6.18 Å². The van der Waals surface area contributed by atoms with Crippen molar-refractivity contribution in [3.63, 3.8) is 0 Å². The highest BCUT2D eigenvalue weighted by Crippen LogP contribution is 2.14. The molecule has 0 aliphatic rings. The predicted octanol–water partition coefficient (Wildman–Crippen LogP) is 3.59. The summed E-state index contributed by atoms with van der Waals surface area (Å²) in [6.07, 6.45) is -3.79. The molecule has 0 atom stereocenters. The van der Waals surface area contributed by atoms with Gasteiger partial charge in [0.2, 0.25) is 0 Å². The number of nitrogens with one attached hydrogen (secondary N) is 1. The molecule has 0 saturated carbocycles. The van der Waals surface area contributed by atoms with Crippen molar-refractivity contribution in [1.82, 2.24) is 10.2 Å². The van der Waals surface area contributed by atoms with E-state index >= 15 is 0 Å². The highest BCUT2D eigenvalue weighted by atomic mass is 127. The number of rotatable bonds is 7. The SMILES string of the molecule is CN=C(NCCCOCC(F)(F)F)N(C)Cc1ccccc1C.I. The average molecular weight is 459 g/mol. The fraction of sp³-hybridized carbons (Fsp3) is 0.562. The molecule has 0 unspecified atom stereocenters. The standard InChI is InChI=1S/C16H24F3N3O.HI/c1-13-7-4-5-8-14(13)11-22(3)15(20-2)21-9-6-10-23-12-16(17,18)19;/h4-5,7-8H,6,9-12H2,1-3H3,(H,20,21);1H. The first-order valence-corrected chi connectivity index (χ1v) is 7.44. The first kappa shape index (κ1) is 23.0. The van der Waals surface area contributed by atoms with Crippen molar-refractivity contribution >= 4 is 29.9 Å². The predicted molar refractivity (Wildman–Crippen MR) is 101 cm³/mol. The Kier molecular flexibility index (Phi) is 11.0. The van der Waals surface area contributed by atoms with Crippen LogP contribution in [0.4, 0.5) is 13.2 Å². The van der Waals surface area contributed by atoms with Crippen LogP contribution in [0, 0.1) is 6.92 Å². The van der Waals surface area contributed by atoms with Gasteiger partial charge in [-0.05, 0) is 24.5 Å². The number of aliphatic imine (C=N–C) groups is 1. The van der Waals surface area contributed by atoms with E-state index in [1.165, 1.54) is 11.1 Å². The van der Waals surface area contributed by atoms with Gasteiger partial charge in [-0.25, -0.2) is 0 Å². The van der Waals surface area contributed by atoms with E-state index in [2.05, 4.69) is 34.1 Å². The van der Waals surface area contributed by atoms with Crippen LogP contribution in [0.15, 0.2) is 29.3 Å². The third-order valence-electron chi connectivity index (χ3n) is 3.26. The number of benzene rings is 1. The summed E-state index contributed by atoms with van der Waals surface area (Å²) in [6.45, 7) is 2.12. The third kappa shape index (κ3) is 9.31. The van der Waals surface area contributed by atoms with Gasteiger partial charge in [0.25, 0.3) is 0 Å². The monoisotopic (exact) mass is 459 g/mol. The number of hydrogen-bond donors (Lipinski definition) is 1. The molecule has 1 aromatic rings. The summed E-state index contributed by atoms with van der Waals surface area (Å²) < 4.78 is 40.3. The summed E-state index contributed by atoms with van der Waals surface area (Å²) in [5.41, 5.74) is 2.40. The molecule has 24 heavy (non-hydrogen) atoms. The van der Waals surface area contributed by atoms with Gasteiger partial charge in [-0.3, -0.25) is 4.99 Å². The Hall–Kier alpha value is -1.03. The Labute approximate surface area is 158 Å². The van der Waals surface area contributed by atoms with Crippen molar-refractivity contribution in [3.05, 3.63) is 35.4 Å². The van der Waals surface area contributed by atoms with Crippen LogP contribution >= 0.6 is 24.0 Å². The van der Waals surface area contributed by atoms with Gasteiger partial charge in [-0.2, -0.15) is 13.2 Å². The summed E-state index contributed by atoms with van der Waals surface area (Å²) in [5.74, 6) is 0.698. The number of alkyl halides is 3. The number of guanidine groups is 1. The van der Waals surface area contributed by atoms with Crippen molar-refractivity contribution < 1.29 is 17.9 Å². The first-order chi connectivity index (χ1) is 10.8. The third-order valence-corrected chi connectivity index (χ3v) is 3.26. The molecule has 0 fully saturated rings. The molecule has 0 saturated heterocycles. The lowest BCUT2D eigenvalue weighted by molar-refractivity contribution is -0.173. The van der Waals surface area contributed by atoms with Crippen molar-refractivity contribution in [3.8, 4) is 0 Å². The molecular formula is C16H25F3IN3O. The minimum absolute atomic E-state index is 0. The fourth-order valence-corrected chi connectivity index (χ4v) is 2.06. The maximum absolute atomic E-state index is 11.9. The van der Waals surface area contributed by atoms with Crippen LogP contribution in [-0.2, 0) is 11.3 Å². The molecule has 0 aromatic heterocycles. The topological polar surface area (TPSA) is 36.9 Å². The van der Waals surface area contributed by atoms with Crippen molar-refractivity contribution in [2.24, 2.45) is 4.99 Å². The van der Waals surface area contributed by atoms with Crippen LogP contribution < -0.4 is 5.32 Å². The summed E-state index contributed by atoms with van der Waals surface area (Å²) in [7, 11) is 3.60. The number of nitrogens with zero attached hydrogens (tertiary/aromatic N) is 2. The molecule has 8 heteroatoms. The zero-order valence-corrected chi connectivity index (χ0v) is 16.5. The van der Waals surface area contributed by atoms with E-state index in [0.717, 1.165) is 0 Å². The molecule has 0 aliphatic carbocycles. The smallest absolute Gasteiger partial charge is 0.372 e. The molecule has 1 N–H and O–H groups in total. The van der Waals surface area contributed by atoms with E-state index in [9.17, 15) is 13.2 Å². The summed E-state index contributed by atoms with van der Waals surface area (Å²) in [4.78, 5) is 6.15. The number of ether oxygens (including phenoxy) is 1. The number of halogens is 4. The number of hydrogen-bond acceptors (Lipinski definition) is 2. The number of aryl methyl sites for hydroxylation is 1. The normalized spacial score (nSPS) is 11.8. The molecule has 0 aliphatic heterocycles. The van der Waals surface area contributed by atoms with Crippen molar-refractivity contribution in [2.75, 3.05) is 33.9 Å². The minimum atomic E-state index is -4.27. The molecule has 0 bridgehead atoms. The quantitative estimate of drug-likeness (QED) is 0.293. The van der Waals surface area contributed by atoms with E-state index in [0.29, 0.717) is 25.5 Å². The maximum atomic E-state index is 11.9. The van der Waals surface area contributed by atoms with Gasteiger partial charge in [-0.15, -0.1) is 24.0 Å². The van der Waals surface area contributed by atoms with E-state index < -0.39 is 12.8 Å². The molecule has 1 aromatic carbocycles. The second-order valence-corrected chi connectivity index (χ2v) is 5.28. The molecule has 4 nitrogen and oxygen atoms in total. The Balaban J connectivity index is 0.00000529. The van der Waals surface area contributed by atoms with Crippen LogP contribution in [0.3, 0.4) is 0 Å². The van der Waals surface area contributed by atoms with E-state index in [-0.39, 0.29) is 30.6 Å². The lowest BCUT2D eigenvalue weighted by Gasteiger charge is -2.23. The Morgan fingerprint density at radius 1 is 1.29 bits per heavy atom. The van der Waals surface area contributed by atoms with Gasteiger partial charge in [0.15, 0.2) is 5.96 Å². The molecule has 0 radical (unpaired) electrons. The average Bonchev–Trinajstić information content (AvgIpc) is 2.47. The molecule has 0 spiro atoms. The molecule has 0 amide bonds. The lowest BCUT2D eigenvalue weighted by Crippen LogP contribution is -2.39. The maximum Gasteiger partial charge on any atom is 0.411 e. The van der Waals surface area contributed by atoms with Crippen LogP contribution in [0.25, 0.3) is 0 Å². The Bertz CT molecular complexity index is 510. The van der Waals surface area contributed by atoms with Crippen molar-refractivity contribution in [1.29, 1.82) is 0 Å². The van der Waals surface area contributed by atoms with E-state index in [1.807, 2.05) is 24.1 Å². The summed E-state index contributed by atoms with van der Waals surface area (Å²) in [6, 6.07) is 8.10. The van der Waals surface area contributed by atoms with E-state index in [1.54, 1.807) is 7.05 Å². The molecular weight excluding hydrogens is 434 g/mol. The van der Waals surface area contributed by atoms with Crippen molar-refractivity contribution in [2.45, 2.75) is 26.1 Å². The highest BCUT2D eigenvalue weighted by molar-refractivity contribution is 14.0. The zero-order chi connectivity index (χ0) is 17.3. The van der Waals surface area contributed by atoms with Crippen LogP contribution in [-0.4, -0.2) is 50.9 Å². The molecule has 1 rings (SSSR count). The summed E-state index contributed by atoms with van der Waals surface area (Å²) >= 11 is 0. The fourth-order valence-electron chi connectivity index (χ4n) is 2.06. The van der Waals surface area contributed by atoms with Gasteiger partial charge < -0.3 is 15.0 Å². The van der Waals surface area contributed by atoms with Crippen LogP contribution in [0.1, 0.15) is 17.5 Å². The lowest BCUT2D eigenvalue weighted by atomic mass is 10.1. The molecule has 0 heterocycles. The van der Waals surface area contributed by atoms with Gasteiger partial charge in [-0.1, -0.05) is 24.3 Å². The van der Waals surface area contributed by atoms with Gasteiger partial charge in [0, 0.05) is 33.8 Å². The van der Waals surface area contributed by atoms with Gasteiger partial charge in [0.05, 0.1) is 0 Å². The summed E-state index contributed by atoms with van der Waals surface area (Å²) in [5, 5.41) is 3.12. The van der Waals surface area contributed by atoms with Crippen LogP contribution in [0.2, 0.25) is 0 Å². The Morgan fingerprint density at radius 3 is 2.54 bits per heavy atom. The second-order valence-electron chi connectivity index (χ2n) is 5.28. The molecule has 138 valence electrons. The Morgan fingerprint density at radius 2 is 1.96 bits per heavy atom. The highest BCUT2D eigenvalue weighted by Gasteiger charge is 2.27. The minimum Gasteiger partial charge on any atom is -0.372 e. The zero-order valence-electron chi connectivity index (χ0n) is 14.2. The second kappa shape index (κ2) is 11.5. The van der Waals surface area contributed by atoms with Gasteiger partial charge in [0.1, 0.15) is 6.61 Å². The van der Waals surface area contributed by atoms with Crippen LogP contribution in [0.5, 0.6) is 0 Å². The van der Waals surface area contributed by atoms with E-state index in [4.69, 9.17) is 0 Å². The first-order valence-electron chi connectivity index (χ1n) is 7.44.